The van der Waals surface area contributed by atoms with Gasteiger partial charge in [-0.3, -0.25) is 4.79 Å². The van der Waals surface area contributed by atoms with Crippen molar-refractivity contribution in [2.24, 2.45) is 0 Å². The zero-order valence-corrected chi connectivity index (χ0v) is 12.9. The van der Waals surface area contributed by atoms with Crippen LogP contribution in [-0.4, -0.2) is 26.0 Å². The van der Waals surface area contributed by atoms with Gasteiger partial charge in [-0.2, -0.15) is 0 Å². The first kappa shape index (κ1) is 17.9. The smallest absolute Gasteiger partial charge is 0.220 e. The third kappa shape index (κ3) is 7.19. The Bertz CT molecular complexity index is 394. The minimum Gasteiger partial charge on any atom is -0.356 e. The standard InChI is InChI=1S/C15H24N2O.ClH/c1-12-6-7-14(13(2)11-12)8-10-17-15(18)5-4-9-16-3;/h6-7,11,16H,4-5,8-10H2,1-3H3,(H,17,18);1H. The molecule has 0 radical (unpaired) electrons. The molecule has 0 saturated heterocycles. The van der Waals surface area contributed by atoms with Gasteiger partial charge in [-0.15, -0.1) is 12.4 Å². The van der Waals surface area contributed by atoms with Crippen molar-refractivity contribution >= 4 is 18.3 Å². The van der Waals surface area contributed by atoms with Crippen molar-refractivity contribution in [3.05, 3.63) is 34.9 Å². The Hall–Kier alpha value is -1.06. The molecule has 0 unspecified atom stereocenters. The number of nitrogens with one attached hydrogen (secondary N) is 2. The summed E-state index contributed by atoms with van der Waals surface area (Å²) in [6, 6.07) is 6.46. The lowest BCUT2D eigenvalue weighted by atomic mass is 10.0. The van der Waals surface area contributed by atoms with Gasteiger partial charge >= 0.3 is 0 Å². The lowest BCUT2D eigenvalue weighted by Crippen LogP contribution is -2.26. The van der Waals surface area contributed by atoms with Gasteiger partial charge in [0.05, 0.1) is 0 Å². The fourth-order valence-corrected chi connectivity index (χ4v) is 1.98. The second-order valence-electron chi connectivity index (χ2n) is 4.74. The minimum atomic E-state index is 0. The maximum atomic E-state index is 11.5. The molecule has 0 aromatic heterocycles. The number of rotatable bonds is 7. The molecule has 0 heterocycles. The van der Waals surface area contributed by atoms with Crippen molar-refractivity contribution in [2.75, 3.05) is 20.1 Å². The highest BCUT2D eigenvalue weighted by Gasteiger charge is 2.02. The molecule has 0 atom stereocenters. The molecule has 1 aromatic rings. The van der Waals surface area contributed by atoms with Crippen LogP contribution in [0.4, 0.5) is 0 Å². The molecule has 0 spiro atoms. The summed E-state index contributed by atoms with van der Waals surface area (Å²) < 4.78 is 0. The molecule has 108 valence electrons. The van der Waals surface area contributed by atoms with E-state index in [1.807, 2.05) is 7.05 Å². The molecule has 2 N–H and O–H groups in total. The van der Waals surface area contributed by atoms with Crippen LogP contribution in [0, 0.1) is 13.8 Å². The Balaban J connectivity index is 0.00000324. The van der Waals surface area contributed by atoms with E-state index in [0.29, 0.717) is 6.42 Å². The van der Waals surface area contributed by atoms with Crippen molar-refractivity contribution in [1.29, 1.82) is 0 Å². The molecule has 0 aliphatic heterocycles. The molecule has 0 fully saturated rings. The number of aryl methyl sites for hydroxylation is 2. The van der Waals surface area contributed by atoms with Crippen molar-refractivity contribution < 1.29 is 4.79 Å². The number of hydrogen-bond donors (Lipinski definition) is 2. The maximum Gasteiger partial charge on any atom is 0.220 e. The summed E-state index contributed by atoms with van der Waals surface area (Å²) in [7, 11) is 1.90. The molecule has 0 aliphatic rings. The number of benzene rings is 1. The fraction of sp³-hybridized carbons (Fsp3) is 0.533. The zero-order valence-electron chi connectivity index (χ0n) is 12.1. The first-order valence-corrected chi connectivity index (χ1v) is 6.61. The van der Waals surface area contributed by atoms with Crippen LogP contribution in [0.15, 0.2) is 18.2 Å². The number of carbonyl (C=O) groups is 1. The second kappa shape index (κ2) is 9.82. The predicted octanol–water partition coefficient (Wildman–Crippen LogP) is 2.38. The normalized spacial score (nSPS) is 9.84. The van der Waals surface area contributed by atoms with Crippen LogP contribution >= 0.6 is 12.4 Å². The van der Waals surface area contributed by atoms with Crippen LogP contribution in [0.3, 0.4) is 0 Å². The van der Waals surface area contributed by atoms with Crippen LogP contribution in [0.25, 0.3) is 0 Å². The van der Waals surface area contributed by atoms with E-state index in [9.17, 15) is 4.79 Å². The number of carbonyl (C=O) groups excluding carboxylic acids is 1. The molecule has 0 bridgehead atoms. The highest BCUT2D eigenvalue weighted by atomic mass is 35.5. The monoisotopic (exact) mass is 284 g/mol. The van der Waals surface area contributed by atoms with E-state index in [1.54, 1.807) is 0 Å². The average Bonchev–Trinajstić information content (AvgIpc) is 2.32. The van der Waals surface area contributed by atoms with Gasteiger partial charge < -0.3 is 10.6 Å². The van der Waals surface area contributed by atoms with Crippen LogP contribution in [0.2, 0.25) is 0 Å². The van der Waals surface area contributed by atoms with E-state index in [1.165, 1.54) is 16.7 Å². The molecular formula is C15H25ClN2O. The third-order valence-electron chi connectivity index (χ3n) is 3.05. The highest BCUT2D eigenvalue weighted by molar-refractivity contribution is 5.85. The van der Waals surface area contributed by atoms with Gasteiger partial charge in [0.2, 0.25) is 5.91 Å². The highest BCUT2D eigenvalue weighted by Crippen LogP contribution is 2.10. The van der Waals surface area contributed by atoms with Crippen LogP contribution in [-0.2, 0) is 11.2 Å². The summed E-state index contributed by atoms with van der Waals surface area (Å²) in [5, 5.41) is 6.00. The van der Waals surface area contributed by atoms with E-state index in [4.69, 9.17) is 0 Å². The van der Waals surface area contributed by atoms with E-state index < -0.39 is 0 Å². The average molecular weight is 285 g/mol. The van der Waals surface area contributed by atoms with Gasteiger partial charge in [0, 0.05) is 13.0 Å². The maximum absolute atomic E-state index is 11.5. The van der Waals surface area contributed by atoms with Crippen LogP contribution in [0.1, 0.15) is 29.5 Å². The van der Waals surface area contributed by atoms with Gasteiger partial charge in [0.25, 0.3) is 0 Å². The number of halogens is 1. The molecule has 4 heteroatoms. The molecular weight excluding hydrogens is 260 g/mol. The minimum absolute atomic E-state index is 0. The summed E-state index contributed by atoms with van der Waals surface area (Å²) in [6.45, 7) is 5.84. The molecule has 0 saturated carbocycles. The van der Waals surface area contributed by atoms with Gasteiger partial charge in [-0.05, 0) is 51.4 Å². The molecule has 19 heavy (non-hydrogen) atoms. The van der Waals surface area contributed by atoms with E-state index in [2.05, 4.69) is 42.7 Å². The van der Waals surface area contributed by atoms with Crippen molar-refractivity contribution in [3.8, 4) is 0 Å². The Morgan fingerprint density at radius 1 is 1.21 bits per heavy atom. The molecule has 1 rings (SSSR count). The molecule has 1 aromatic carbocycles. The summed E-state index contributed by atoms with van der Waals surface area (Å²) >= 11 is 0. The second-order valence-corrected chi connectivity index (χ2v) is 4.74. The Kier molecular flexibility index (Phi) is 9.27. The van der Waals surface area contributed by atoms with Crippen LogP contribution < -0.4 is 10.6 Å². The topological polar surface area (TPSA) is 41.1 Å². The fourth-order valence-electron chi connectivity index (χ4n) is 1.98. The van der Waals surface area contributed by atoms with E-state index in [-0.39, 0.29) is 18.3 Å². The third-order valence-corrected chi connectivity index (χ3v) is 3.05. The summed E-state index contributed by atoms with van der Waals surface area (Å²) in [5.41, 5.74) is 3.91. The van der Waals surface area contributed by atoms with Gasteiger partial charge in [-0.1, -0.05) is 23.8 Å². The lowest BCUT2D eigenvalue weighted by Gasteiger charge is -2.08. The van der Waals surface area contributed by atoms with E-state index >= 15 is 0 Å². The van der Waals surface area contributed by atoms with Crippen LogP contribution in [0.5, 0.6) is 0 Å². The Morgan fingerprint density at radius 3 is 2.58 bits per heavy atom. The van der Waals surface area contributed by atoms with E-state index in [0.717, 1.165) is 25.9 Å². The van der Waals surface area contributed by atoms with Crippen molar-refractivity contribution in [1.82, 2.24) is 10.6 Å². The Labute approximate surface area is 122 Å². The summed E-state index contributed by atoms with van der Waals surface area (Å²) in [5.74, 6) is 0.148. The molecule has 1 amide bonds. The Morgan fingerprint density at radius 2 is 1.95 bits per heavy atom. The predicted molar refractivity (Wildman–Crippen MR) is 83.0 cm³/mol. The first-order valence-electron chi connectivity index (χ1n) is 6.61. The van der Waals surface area contributed by atoms with Crippen molar-refractivity contribution in [2.45, 2.75) is 33.1 Å². The van der Waals surface area contributed by atoms with Crippen molar-refractivity contribution in [3.63, 3.8) is 0 Å². The molecule has 3 nitrogen and oxygen atoms in total. The quantitative estimate of drug-likeness (QED) is 0.755. The van der Waals surface area contributed by atoms with Gasteiger partial charge in [-0.25, -0.2) is 0 Å². The van der Waals surface area contributed by atoms with Gasteiger partial charge in [0.1, 0.15) is 0 Å². The largest absolute Gasteiger partial charge is 0.356 e. The summed E-state index contributed by atoms with van der Waals surface area (Å²) in [4.78, 5) is 11.5. The number of amides is 1. The first-order chi connectivity index (χ1) is 8.63. The lowest BCUT2D eigenvalue weighted by molar-refractivity contribution is -0.121. The SMILES string of the molecule is CNCCCC(=O)NCCc1ccc(C)cc1C.Cl. The zero-order chi connectivity index (χ0) is 13.4. The molecule has 0 aliphatic carbocycles. The summed E-state index contributed by atoms with van der Waals surface area (Å²) in [6.07, 6.45) is 2.41. The van der Waals surface area contributed by atoms with Gasteiger partial charge in [0.15, 0.2) is 0 Å². The number of hydrogen-bond acceptors (Lipinski definition) is 2.